The number of aliphatic carboxylic acids is 1. The van der Waals surface area contributed by atoms with Crippen molar-refractivity contribution < 1.29 is 18.3 Å². The Bertz CT molecular complexity index is 522. The largest absolute Gasteiger partial charge is 0.481 e. The molecule has 0 saturated carbocycles. The summed E-state index contributed by atoms with van der Waals surface area (Å²) in [5, 5.41) is 15.0. The van der Waals surface area contributed by atoms with Crippen molar-refractivity contribution in [3.8, 4) is 0 Å². The van der Waals surface area contributed by atoms with Crippen LogP contribution in [0, 0.1) is 0 Å². The minimum Gasteiger partial charge on any atom is -0.481 e. The molecule has 2 heterocycles. The second kappa shape index (κ2) is 4.44. The lowest BCUT2D eigenvalue weighted by Crippen LogP contribution is -2.24. The minimum absolute atomic E-state index is 0.0529. The van der Waals surface area contributed by atoms with Crippen LogP contribution < -0.4 is 0 Å². The number of rotatable bonds is 3. The lowest BCUT2D eigenvalue weighted by atomic mass is 10.1. The smallest absolute Gasteiger partial charge is 0.311 e. The van der Waals surface area contributed by atoms with Gasteiger partial charge in [-0.25, -0.2) is 13.4 Å². The second-order valence-corrected chi connectivity index (χ2v) is 6.39. The van der Waals surface area contributed by atoms with Gasteiger partial charge in [-0.1, -0.05) is 0 Å². The average Bonchev–Trinajstić information content (AvgIpc) is 2.63. The molecule has 8 heteroatoms. The number of nitrogens with one attached hydrogen (secondary N) is 1. The molecule has 1 saturated heterocycles. The molecular formula is C9H13N3O4S. The predicted octanol–water partition coefficient (Wildman–Crippen LogP) is -0.276. The summed E-state index contributed by atoms with van der Waals surface area (Å²) >= 11 is 0. The van der Waals surface area contributed by atoms with Gasteiger partial charge in [0.2, 0.25) is 0 Å². The normalized spacial score (nSPS) is 23.4. The molecular weight excluding hydrogens is 246 g/mol. The average molecular weight is 259 g/mol. The first-order valence-electron chi connectivity index (χ1n) is 5.30. The highest BCUT2D eigenvalue weighted by Crippen LogP contribution is 2.25. The molecule has 1 atom stereocenters. The van der Waals surface area contributed by atoms with E-state index < -0.39 is 15.8 Å². The third-order valence-electron chi connectivity index (χ3n) is 2.70. The van der Waals surface area contributed by atoms with Gasteiger partial charge in [-0.05, 0) is 12.8 Å². The number of hydrogen-bond donors (Lipinski definition) is 2. The van der Waals surface area contributed by atoms with E-state index in [-0.39, 0.29) is 29.7 Å². The van der Waals surface area contributed by atoms with Crippen molar-refractivity contribution in [3.05, 3.63) is 11.6 Å². The maximum Gasteiger partial charge on any atom is 0.311 e. The van der Waals surface area contributed by atoms with E-state index in [1.165, 1.54) is 0 Å². The number of aromatic amines is 1. The molecule has 1 aliphatic rings. The lowest BCUT2D eigenvalue weighted by Gasteiger charge is -2.18. The molecule has 94 valence electrons. The van der Waals surface area contributed by atoms with E-state index in [2.05, 4.69) is 15.2 Å². The summed E-state index contributed by atoms with van der Waals surface area (Å²) in [4.78, 5) is 14.5. The highest BCUT2D eigenvalue weighted by Gasteiger charge is 2.28. The van der Waals surface area contributed by atoms with Crippen molar-refractivity contribution in [1.82, 2.24) is 15.2 Å². The van der Waals surface area contributed by atoms with Gasteiger partial charge in [0, 0.05) is 5.92 Å². The van der Waals surface area contributed by atoms with E-state index in [0.717, 1.165) is 6.42 Å². The molecule has 0 spiro atoms. The first-order chi connectivity index (χ1) is 7.96. The van der Waals surface area contributed by atoms with Crippen LogP contribution in [0.5, 0.6) is 0 Å². The Kier molecular flexibility index (Phi) is 3.14. The van der Waals surface area contributed by atoms with E-state index >= 15 is 0 Å². The molecule has 0 amide bonds. The number of sulfone groups is 1. The van der Waals surface area contributed by atoms with Crippen molar-refractivity contribution in [2.45, 2.75) is 25.2 Å². The van der Waals surface area contributed by atoms with Crippen molar-refractivity contribution in [3.63, 3.8) is 0 Å². The van der Waals surface area contributed by atoms with Gasteiger partial charge in [0.05, 0.1) is 11.5 Å². The Morgan fingerprint density at radius 1 is 1.53 bits per heavy atom. The Morgan fingerprint density at radius 3 is 2.94 bits per heavy atom. The molecule has 1 unspecified atom stereocenters. The minimum atomic E-state index is -3.00. The van der Waals surface area contributed by atoms with Gasteiger partial charge in [-0.15, -0.1) is 0 Å². The number of nitrogens with zero attached hydrogens (tertiary/aromatic N) is 2. The van der Waals surface area contributed by atoms with Crippen LogP contribution in [0.25, 0.3) is 0 Å². The van der Waals surface area contributed by atoms with Crippen molar-refractivity contribution >= 4 is 15.8 Å². The van der Waals surface area contributed by atoms with Crippen molar-refractivity contribution in [2.75, 3.05) is 11.5 Å². The fourth-order valence-corrected chi connectivity index (χ4v) is 3.64. The Balaban J connectivity index is 2.12. The highest BCUT2D eigenvalue weighted by atomic mass is 32.2. The molecule has 1 aromatic rings. The zero-order valence-electron chi connectivity index (χ0n) is 9.09. The van der Waals surface area contributed by atoms with Gasteiger partial charge < -0.3 is 5.11 Å². The first kappa shape index (κ1) is 12.0. The SMILES string of the molecule is O=C(O)Cc1nc(C2CCCS(=O)(=O)C2)n[nH]1. The number of carbonyl (C=O) groups is 1. The first-order valence-corrected chi connectivity index (χ1v) is 7.12. The molecule has 7 nitrogen and oxygen atoms in total. The van der Waals surface area contributed by atoms with Crippen LogP contribution in [-0.4, -0.2) is 46.2 Å². The molecule has 17 heavy (non-hydrogen) atoms. The lowest BCUT2D eigenvalue weighted by molar-refractivity contribution is -0.136. The number of carboxylic acid groups (broad SMARTS) is 1. The third-order valence-corrected chi connectivity index (χ3v) is 4.52. The van der Waals surface area contributed by atoms with E-state index in [0.29, 0.717) is 12.2 Å². The van der Waals surface area contributed by atoms with Gasteiger partial charge >= 0.3 is 5.97 Å². The zero-order chi connectivity index (χ0) is 12.5. The molecule has 0 radical (unpaired) electrons. The summed E-state index contributed by atoms with van der Waals surface area (Å²) < 4.78 is 22.9. The number of aromatic nitrogens is 3. The quantitative estimate of drug-likeness (QED) is 0.772. The summed E-state index contributed by atoms with van der Waals surface area (Å²) in [5.41, 5.74) is 0. The maximum atomic E-state index is 11.5. The van der Waals surface area contributed by atoms with Crippen LogP contribution in [0.2, 0.25) is 0 Å². The molecule has 0 aliphatic carbocycles. The molecule has 2 rings (SSSR count). The summed E-state index contributed by atoms with van der Waals surface area (Å²) in [5.74, 6) is -0.274. The molecule has 0 bridgehead atoms. The van der Waals surface area contributed by atoms with Crippen molar-refractivity contribution in [2.24, 2.45) is 0 Å². The van der Waals surface area contributed by atoms with Gasteiger partial charge in [-0.3, -0.25) is 9.89 Å². The van der Waals surface area contributed by atoms with Gasteiger partial charge in [0.15, 0.2) is 15.7 Å². The number of H-pyrrole nitrogens is 1. The van der Waals surface area contributed by atoms with Crippen LogP contribution in [0.4, 0.5) is 0 Å². The topological polar surface area (TPSA) is 113 Å². The second-order valence-electron chi connectivity index (χ2n) is 4.16. The van der Waals surface area contributed by atoms with Gasteiger partial charge in [-0.2, -0.15) is 5.10 Å². The fraction of sp³-hybridized carbons (Fsp3) is 0.667. The predicted molar refractivity (Wildman–Crippen MR) is 58.4 cm³/mol. The molecule has 1 aliphatic heterocycles. The van der Waals surface area contributed by atoms with Crippen LogP contribution in [0.15, 0.2) is 0 Å². The van der Waals surface area contributed by atoms with Gasteiger partial charge in [0.25, 0.3) is 0 Å². The van der Waals surface area contributed by atoms with Crippen molar-refractivity contribution in [1.29, 1.82) is 0 Å². The molecule has 2 N–H and O–H groups in total. The monoisotopic (exact) mass is 259 g/mol. The standard InChI is InChI=1S/C9H13N3O4S/c13-8(14)4-7-10-9(12-11-7)6-2-1-3-17(15,16)5-6/h6H,1-5H2,(H,13,14)(H,10,11,12). The van der Waals surface area contributed by atoms with E-state index in [9.17, 15) is 13.2 Å². The Morgan fingerprint density at radius 2 is 2.29 bits per heavy atom. The zero-order valence-corrected chi connectivity index (χ0v) is 9.90. The summed E-state index contributed by atoms with van der Waals surface area (Å²) in [6, 6.07) is 0. The summed E-state index contributed by atoms with van der Waals surface area (Å²) in [6.45, 7) is 0. The van der Waals surface area contributed by atoms with Crippen LogP contribution in [0.1, 0.15) is 30.4 Å². The Labute approximate surface area is 98.2 Å². The molecule has 0 aromatic carbocycles. The van der Waals surface area contributed by atoms with Crippen LogP contribution >= 0.6 is 0 Å². The third kappa shape index (κ3) is 3.02. The number of hydrogen-bond acceptors (Lipinski definition) is 5. The highest BCUT2D eigenvalue weighted by molar-refractivity contribution is 7.91. The fourth-order valence-electron chi connectivity index (χ4n) is 1.94. The van der Waals surface area contributed by atoms with E-state index in [4.69, 9.17) is 5.11 Å². The van der Waals surface area contributed by atoms with E-state index in [1.54, 1.807) is 0 Å². The summed E-state index contributed by atoms with van der Waals surface area (Å²) in [7, 11) is -3.00. The van der Waals surface area contributed by atoms with Crippen LogP contribution in [0.3, 0.4) is 0 Å². The molecule has 1 fully saturated rings. The summed E-state index contributed by atoms with van der Waals surface area (Å²) in [6.07, 6.45) is 1.10. The maximum absolute atomic E-state index is 11.5. The van der Waals surface area contributed by atoms with E-state index in [1.807, 2.05) is 0 Å². The molecule has 1 aromatic heterocycles. The van der Waals surface area contributed by atoms with Crippen LogP contribution in [-0.2, 0) is 21.1 Å². The Hall–Kier alpha value is -1.44. The number of carboxylic acids is 1. The van der Waals surface area contributed by atoms with Gasteiger partial charge in [0.1, 0.15) is 12.2 Å².